The van der Waals surface area contributed by atoms with Crippen molar-refractivity contribution in [3.8, 4) is 5.75 Å². The average molecular weight is 354 g/mol. The molecule has 1 heterocycles. The number of imidazole rings is 1. The van der Waals surface area contributed by atoms with E-state index in [-0.39, 0.29) is 0 Å². The summed E-state index contributed by atoms with van der Waals surface area (Å²) in [5, 5.41) is 3.28. The third-order valence-corrected chi connectivity index (χ3v) is 3.86. The summed E-state index contributed by atoms with van der Waals surface area (Å²) >= 11 is 3.57. The third-order valence-electron chi connectivity index (χ3n) is 3.08. The second-order valence-corrected chi connectivity index (χ2v) is 5.52. The maximum absolute atomic E-state index is 5.26. The lowest BCUT2D eigenvalue weighted by molar-refractivity contribution is 0.199. The largest absolute Gasteiger partial charge is 0.497 e. The first-order chi connectivity index (χ1) is 10.2. The summed E-state index contributed by atoms with van der Waals surface area (Å²) in [6.07, 6.45) is 3.89. The van der Waals surface area contributed by atoms with Crippen molar-refractivity contribution in [1.82, 2.24) is 14.9 Å². The molecule has 0 amide bonds. The second-order valence-electron chi connectivity index (χ2n) is 4.66. The topological polar surface area (TPSA) is 48.3 Å². The fraction of sp³-hybridized carbons (Fsp3) is 0.400. The number of nitrogens with zero attached hydrogens (tertiary/aromatic N) is 2. The highest BCUT2D eigenvalue weighted by Crippen LogP contribution is 2.23. The van der Waals surface area contributed by atoms with E-state index in [0.29, 0.717) is 6.61 Å². The highest BCUT2D eigenvalue weighted by Gasteiger charge is 2.05. The molecule has 0 aliphatic rings. The van der Waals surface area contributed by atoms with Gasteiger partial charge in [0.05, 0.1) is 25.7 Å². The van der Waals surface area contributed by atoms with Gasteiger partial charge in [-0.15, -0.1) is 0 Å². The first-order valence-electron chi connectivity index (χ1n) is 6.75. The van der Waals surface area contributed by atoms with Crippen molar-refractivity contribution in [2.24, 2.45) is 0 Å². The van der Waals surface area contributed by atoms with E-state index in [0.717, 1.165) is 41.1 Å². The molecule has 0 fully saturated rings. The number of halogens is 1. The predicted molar refractivity (Wildman–Crippen MR) is 85.6 cm³/mol. The number of aromatic nitrogens is 2. The minimum absolute atomic E-state index is 0.706. The van der Waals surface area contributed by atoms with Crippen LogP contribution in [-0.4, -0.2) is 36.9 Å². The maximum atomic E-state index is 5.26. The molecule has 1 aromatic carbocycles. The molecular weight excluding hydrogens is 334 g/mol. The van der Waals surface area contributed by atoms with E-state index >= 15 is 0 Å². The van der Waals surface area contributed by atoms with Crippen LogP contribution >= 0.6 is 15.9 Å². The lowest BCUT2D eigenvalue weighted by Crippen LogP contribution is -2.18. The van der Waals surface area contributed by atoms with Crippen molar-refractivity contribution in [3.63, 3.8) is 0 Å². The van der Waals surface area contributed by atoms with Crippen LogP contribution in [0.25, 0.3) is 0 Å². The number of nitrogens with one attached hydrogen (secondary N) is 1. The van der Waals surface area contributed by atoms with Crippen LogP contribution in [0.1, 0.15) is 11.3 Å². The molecule has 1 aromatic heterocycles. The van der Waals surface area contributed by atoms with Gasteiger partial charge in [0.1, 0.15) is 5.75 Å². The Morgan fingerprint density at radius 3 is 2.95 bits per heavy atom. The van der Waals surface area contributed by atoms with Crippen molar-refractivity contribution in [1.29, 1.82) is 0 Å². The zero-order valence-electron chi connectivity index (χ0n) is 12.3. The predicted octanol–water partition coefficient (Wildman–Crippen LogP) is 2.44. The van der Waals surface area contributed by atoms with Gasteiger partial charge in [-0.2, -0.15) is 0 Å². The Balaban J connectivity index is 1.96. The Hall–Kier alpha value is -1.37. The molecule has 2 aromatic rings. The van der Waals surface area contributed by atoms with Crippen LogP contribution in [0, 0.1) is 0 Å². The molecule has 0 aliphatic heterocycles. The summed E-state index contributed by atoms with van der Waals surface area (Å²) in [4.78, 5) is 4.40. The van der Waals surface area contributed by atoms with E-state index < -0.39 is 0 Å². The maximum Gasteiger partial charge on any atom is 0.119 e. The third kappa shape index (κ3) is 4.84. The fourth-order valence-electron chi connectivity index (χ4n) is 1.97. The van der Waals surface area contributed by atoms with Crippen molar-refractivity contribution < 1.29 is 9.47 Å². The summed E-state index contributed by atoms with van der Waals surface area (Å²) in [5.74, 6) is 0.856. The van der Waals surface area contributed by atoms with Crippen LogP contribution in [0.2, 0.25) is 0 Å². The highest BCUT2D eigenvalue weighted by atomic mass is 79.9. The molecular formula is C15H20BrN3O2. The Morgan fingerprint density at radius 2 is 2.19 bits per heavy atom. The van der Waals surface area contributed by atoms with Gasteiger partial charge in [0.2, 0.25) is 0 Å². The summed E-state index contributed by atoms with van der Waals surface area (Å²) in [6.45, 7) is 3.03. The van der Waals surface area contributed by atoms with E-state index in [1.54, 1.807) is 14.2 Å². The van der Waals surface area contributed by atoms with E-state index in [1.807, 2.05) is 30.7 Å². The van der Waals surface area contributed by atoms with Gasteiger partial charge >= 0.3 is 0 Å². The van der Waals surface area contributed by atoms with Crippen LogP contribution in [-0.2, 0) is 17.8 Å². The Kier molecular flexibility index (Phi) is 6.22. The van der Waals surface area contributed by atoms with Crippen LogP contribution in [0.15, 0.2) is 35.2 Å². The van der Waals surface area contributed by atoms with Crippen LogP contribution in [0.5, 0.6) is 5.75 Å². The van der Waals surface area contributed by atoms with Gasteiger partial charge in [0.25, 0.3) is 0 Å². The normalized spacial score (nSPS) is 10.8. The number of methoxy groups -OCH3 is 2. The van der Waals surface area contributed by atoms with Gasteiger partial charge in [-0.05, 0) is 23.8 Å². The second kappa shape index (κ2) is 8.17. The van der Waals surface area contributed by atoms with Gasteiger partial charge in [-0.1, -0.05) is 15.9 Å². The lowest BCUT2D eigenvalue weighted by atomic mass is 10.2. The Labute approximate surface area is 133 Å². The van der Waals surface area contributed by atoms with E-state index in [4.69, 9.17) is 9.47 Å². The molecule has 2 rings (SSSR count). The van der Waals surface area contributed by atoms with Gasteiger partial charge in [0, 0.05) is 37.4 Å². The monoisotopic (exact) mass is 353 g/mol. The zero-order valence-corrected chi connectivity index (χ0v) is 13.9. The molecule has 21 heavy (non-hydrogen) atoms. The van der Waals surface area contributed by atoms with Crippen molar-refractivity contribution in [2.75, 3.05) is 27.4 Å². The van der Waals surface area contributed by atoms with Crippen LogP contribution < -0.4 is 10.1 Å². The van der Waals surface area contributed by atoms with Gasteiger partial charge < -0.3 is 19.4 Å². The van der Waals surface area contributed by atoms with Crippen LogP contribution in [0.4, 0.5) is 0 Å². The average Bonchev–Trinajstić information content (AvgIpc) is 2.93. The molecule has 6 heteroatoms. The number of hydrogen-bond acceptors (Lipinski definition) is 4. The minimum atomic E-state index is 0.706. The molecule has 0 aliphatic carbocycles. The molecule has 0 spiro atoms. The Morgan fingerprint density at radius 1 is 1.33 bits per heavy atom. The zero-order chi connectivity index (χ0) is 15.1. The Bertz CT molecular complexity index is 572. The molecule has 5 nitrogen and oxygen atoms in total. The molecule has 0 unspecified atom stereocenters. The molecule has 0 bridgehead atoms. The SMILES string of the molecule is COCCNCc1cn(Cc2cc(OC)ccc2Br)cn1. The van der Waals surface area contributed by atoms with Crippen molar-refractivity contribution >= 4 is 15.9 Å². The minimum Gasteiger partial charge on any atom is -0.497 e. The van der Waals surface area contributed by atoms with E-state index in [9.17, 15) is 0 Å². The van der Waals surface area contributed by atoms with Gasteiger partial charge in [0.15, 0.2) is 0 Å². The molecule has 0 atom stereocenters. The number of rotatable bonds is 8. The van der Waals surface area contributed by atoms with Crippen molar-refractivity contribution in [2.45, 2.75) is 13.1 Å². The standard InChI is InChI=1S/C15H20BrN3O2/c1-20-6-5-17-8-13-10-19(11-18-13)9-12-7-14(21-2)3-4-15(12)16/h3-4,7,10-11,17H,5-6,8-9H2,1-2H3. The van der Waals surface area contributed by atoms with E-state index in [2.05, 4.69) is 30.8 Å². The fourth-order valence-corrected chi connectivity index (χ4v) is 2.34. The summed E-state index contributed by atoms with van der Waals surface area (Å²) in [6, 6.07) is 5.96. The first kappa shape index (κ1) is 16.0. The molecule has 0 saturated heterocycles. The molecule has 1 N–H and O–H groups in total. The van der Waals surface area contributed by atoms with Crippen molar-refractivity contribution in [3.05, 3.63) is 46.5 Å². The van der Waals surface area contributed by atoms with Crippen LogP contribution in [0.3, 0.4) is 0 Å². The molecule has 114 valence electrons. The van der Waals surface area contributed by atoms with E-state index in [1.165, 1.54) is 0 Å². The first-order valence-corrected chi connectivity index (χ1v) is 7.55. The molecule has 0 saturated carbocycles. The summed E-state index contributed by atoms with van der Waals surface area (Å²) in [5.41, 5.74) is 2.18. The van der Waals surface area contributed by atoms with Gasteiger partial charge in [-0.3, -0.25) is 0 Å². The number of hydrogen-bond donors (Lipinski definition) is 1. The summed E-state index contributed by atoms with van der Waals surface area (Å²) < 4.78 is 13.4. The lowest BCUT2D eigenvalue weighted by Gasteiger charge is -2.08. The number of ether oxygens (including phenoxy) is 2. The summed E-state index contributed by atoms with van der Waals surface area (Å²) in [7, 11) is 3.37. The quantitative estimate of drug-likeness (QED) is 0.740. The van der Waals surface area contributed by atoms with Gasteiger partial charge in [-0.25, -0.2) is 4.98 Å². The smallest absolute Gasteiger partial charge is 0.119 e. The molecule has 0 radical (unpaired) electrons. The number of benzene rings is 1. The highest BCUT2D eigenvalue weighted by molar-refractivity contribution is 9.10.